The van der Waals surface area contributed by atoms with E-state index in [1.165, 1.54) is 18.0 Å². The second kappa shape index (κ2) is 7.09. The van der Waals surface area contributed by atoms with Crippen molar-refractivity contribution < 1.29 is 18.4 Å². The molecule has 6 heteroatoms. The van der Waals surface area contributed by atoms with Gasteiger partial charge in [-0.25, -0.2) is 8.78 Å². The van der Waals surface area contributed by atoms with E-state index >= 15 is 0 Å². The number of likely N-dealkylation sites (N-methyl/N-ethyl adjacent to an activating group) is 1. The van der Waals surface area contributed by atoms with Gasteiger partial charge in [-0.05, 0) is 33.0 Å². The van der Waals surface area contributed by atoms with Crippen molar-refractivity contribution in [1.82, 2.24) is 10.2 Å². The van der Waals surface area contributed by atoms with E-state index in [-0.39, 0.29) is 25.0 Å². The molecule has 0 spiro atoms. The number of carbonyl (C=O) groups is 2. The zero-order chi connectivity index (χ0) is 15.3. The lowest BCUT2D eigenvalue weighted by molar-refractivity contribution is -0.122. The van der Waals surface area contributed by atoms with Gasteiger partial charge >= 0.3 is 0 Å². The van der Waals surface area contributed by atoms with Gasteiger partial charge in [-0.15, -0.1) is 0 Å². The molecule has 0 atom stereocenters. The maximum atomic E-state index is 13.4. The van der Waals surface area contributed by atoms with Crippen LogP contribution in [0.2, 0.25) is 0 Å². The summed E-state index contributed by atoms with van der Waals surface area (Å²) in [6.45, 7) is 3.39. The summed E-state index contributed by atoms with van der Waals surface area (Å²) < 4.78 is 26.9. The molecule has 0 aliphatic carbocycles. The highest BCUT2D eigenvalue weighted by molar-refractivity contribution is 5.98. The summed E-state index contributed by atoms with van der Waals surface area (Å²) in [5.41, 5.74) is -0.566. The summed E-state index contributed by atoms with van der Waals surface area (Å²) >= 11 is 0. The van der Waals surface area contributed by atoms with Crippen molar-refractivity contribution in [3.63, 3.8) is 0 Å². The Balaban J connectivity index is 2.64. The Hall–Kier alpha value is -1.82. The Morgan fingerprint density at radius 1 is 1.20 bits per heavy atom. The molecular formula is C14H18F2N2O2. The number of nitrogens with one attached hydrogen (secondary N) is 1. The van der Waals surface area contributed by atoms with Crippen LogP contribution in [0.3, 0.4) is 0 Å². The number of nitrogens with zero attached hydrogens (tertiary/aromatic N) is 1. The lowest BCUT2D eigenvalue weighted by Crippen LogP contribution is -2.40. The lowest BCUT2D eigenvalue weighted by atomic mass is 10.1. The van der Waals surface area contributed by atoms with Crippen molar-refractivity contribution in [3.8, 4) is 0 Å². The van der Waals surface area contributed by atoms with E-state index < -0.39 is 23.0 Å². The fourth-order valence-electron chi connectivity index (χ4n) is 1.76. The van der Waals surface area contributed by atoms with Crippen LogP contribution in [-0.2, 0) is 4.79 Å². The van der Waals surface area contributed by atoms with Crippen molar-refractivity contribution in [1.29, 1.82) is 0 Å². The standard InChI is InChI=1S/C14H18F2N2O2/c1-9(2)17-13(20)8-18(3)7-12(19)14-10(15)5-4-6-11(14)16/h4-6,9H,7-8H2,1-3H3,(H,17,20). The van der Waals surface area contributed by atoms with Crippen LogP contribution in [0.1, 0.15) is 24.2 Å². The molecule has 0 radical (unpaired) electrons. The normalized spacial score (nSPS) is 10.9. The van der Waals surface area contributed by atoms with E-state index in [9.17, 15) is 18.4 Å². The average molecular weight is 284 g/mol. The highest BCUT2D eigenvalue weighted by Crippen LogP contribution is 2.13. The van der Waals surface area contributed by atoms with Crippen LogP contribution in [0.4, 0.5) is 8.78 Å². The molecule has 1 N–H and O–H groups in total. The minimum absolute atomic E-state index is 0.00406. The van der Waals surface area contributed by atoms with E-state index in [0.29, 0.717) is 0 Å². The molecule has 0 aromatic heterocycles. The summed E-state index contributed by atoms with van der Waals surface area (Å²) in [6, 6.07) is 3.25. The van der Waals surface area contributed by atoms with Crippen LogP contribution in [-0.4, -0.2) is 42.8 Å². The van der Waals surface area contributed by atoms with Gasteiger partial charge in [0.05, 0.1) is 18.7 Å². The van der Waals surface area contributed by atoms with E-state index in [2.05, 4.69) is 5.32 Å². The van der Waals surface area contributed by atoms with Gasteiger partial charge < -0.3 is 5.32 Å². The number of halogens is 2. The molecule has 0 heterocycles. The number of rotatable bonds is 6. The molecule has 0 fully saturated rings. The van der Waals surface area contributed by atoms with Gasteiger partial charge in [-0.2, -0.15) is 0 Å². The second-order valence-electron chi connectivity index (χ2n) is 4.91. The highest BCUT2D eigenvalue weighted by atomic mass is 19.1. The minimum Gasteiger partial charge on any atom is -0.353 e. The number of Topliss-reactive ketones (excluding diaryl/α,β-unsaturated/α-hetero) is 1. The fraction of sp³-hybridized carbons (Fsp3) is 0.429. The SMILES string of the molecule is CC(C)NC(=O)CN(C)CC(=O)c1c(F)cccc1F. The van der Waals surface area contributed by atoms with Crippen molar-refractivity contribution in [2.24, 2.45) is 0 Å². The first kappa shape index (κ1) is 16.2. The molecule has 20 heavy (non-hydrogen) atoms. The van der Waals surface area contributed by atoms with Crippen molar-refractivity contribution in [2.45, 2.75) is 19.9 Å². The topological polar surface area (TPSA) is 49.4 Å². The van der Waals surface area contributed by atoms with Gasteiger partial charge in [0.2, 0.25) is 5.91 Å². The quantitative estimate of drug-likeness (QED) is 0.807. The molecule has 0 saturated carbocycles. The molecule has 1 amide bonds. The molecule has 0 bridgehead atoms. The first-order valence-electron chi connectivity index (χ1n) is 6.26. The molecule has 1 aromatic carbocycles. The van der Waals surface area contributed by atoms with E-state index in [1.54, 1.807) is 0 Å². The van der Waals surface area contributed by atoms with Crippen LogP contribution in [0.5, 0.6) is 0 Å². The average Bonchev–Trinajstić information content (AvgIpc) is 2.26. The smallest absolute Gasteiger partial charge is 0.234 e. The van der Waals surface area contributed by atoms with Gasteiger partial charge in [-0.3, -0.25) is 14.5 Å². The number of amides is 1. The molecule has 4 nitrogen and oxygen atoms in total. The maximum absolute atomic E-state index is 13.4. The highest BCUT2D eigenvalue weighted by Gasteiger charge is 2.19. The summed E-state index contributed by atoms with van der Waals surface area (Å²) in [4.78, 5) is 24.8. The summed E-state index contributed by atoms with van der Waals surface area (Å²) in [6.07, 6.45) is 0. The first-order chi connectivity index (χ1) is 9.31. The van der Waals surface area contributed by atoms with E-state index in [0.717, 1.165) is 12.1 Å². The van der Waals surface area contributed by atoms with Crippen LogP contribution in [0.25, 0.3) is 0 Å². The Bertz CT molecular complexity index is 484. The number of ketones is 1. The Morgan fingerprint density at radius 3 is 2.25 bits per heavy atom. The third-order valence-corrected chi connectivity index (χ3v) is 2.52. The van der Waals surface area contributed by atoms with E-state index in [4.69, 9.17) is 0 Å². The van der Waals surface area contributed by atoms with Gasteiger partial charge in [0, 0.05) is 6.04 Å². The van der Waals surface area contributed by atoms with Gasteiger partial charge in [0.25, 0.3) is 0 Å². The van der Waals surface area contributed by atoms with Crippen molar-refractivity contribution >= 4 is 11.7 Å². The Morgan fingerprint density at radius 2 is 1.75 bits per heavy atom. The fourth-order valence-corrected chi connectivity index (χ4v) is 1.76. The summed E-state index contributed by atoms with van der Waals surface area (Å²) in [5.74, 6) is -2.73. The van der Waals surface area contributed by atoms with Gasteiger partial charge in [-0.1, -0.05) is 6.07 Å². The molecular weight excluding hydrogens is 266 g/mol. The third-order valence-electron chi connectivity index (χ3n) is 2.52. The maximum Gasteiger partial charge on any atom is 0.234 e. The van der Waals surface area contributed by atoms with Crippen molar-refractivity contribution in [3.05, 3.63) is 35.4 Å². The first-order valence-corrected chi connectivity index (χ1v) is 6.26. The predicted molar refractivity (Wildman–Crippen MR) is 71.5 cm³/mol. The van der Waals surface area contributed by atoms with Gasteiger partial charge in [0.1, 0.15) is 11.6 Å². The molecule has 0 aliphatic heterocycles. The number of hydrogen-bond acceptors (Lipinski definition) is 3. The molecule has 0 unspecified atom stereocenters. The number of benzene rings is 1. The zero-order valence-corrected chi connectivity index (χ0v) is 11.7. The molecule has 0 saturated heterocycles. The Labute approximate surface area is 116 Å². The van der Waals surface area contributed by atoms with Crippen LogP contribution >= 0.6 is 0 Å². The Kier molecular flexibility index (Phi) is 5.76. The zero-order valence-electron chi connectivity index (χ0n) is 11.7. The predicted octanol–water partition coefficient (Wildman–Crippen LogP) is 1.60. The summed E-state index contributed by atoms with van der Waals surface area (Å²) in [5, 5.41) is 2.67. The van der Waals surface area contributed by atoms with Crippen LogP contribution in [0.15, 0.2) is 18.2 Å². The molecule has 1 aromatic rings. The largest absolute Gasteiger partial charge is 0.353 e. The van der Waals surface area contributed by atoms with Crippen LogP contribution < -0.4 is 5.32 Å². The molecule has 1 rings (SSSR count). The number of hydrogen-bond donors (Lipinski definition) is 1. The minimum atomic E-state index is -0.893. The number of carbonyl (C=O) groups excluding carboxylic acids is 2. The van der Waals surface area contributed by atoms with Crippen molar-refractivity contribution in [2.75, 3.05) is 20.1 Å². The molecule has 0 aliphatic rings. The van der Waals surface area contributed by atoms with Crippen LogP contribution in [0, 0.1) is 11.6 Å². The lowest BCUT2D eigenvalue weighted by Gasteiger charge is -2.17. The monoisotopic (exact) mass is 284 g/mol. The van der Waals surface area contributed by atoms with E-state index in [1.807, 2.05) is 13.8 Å². The second-order valence-corrected chi connectivity index (χ2v) is 4.91. The summed E-state index contributed by atoms with van der Waals surface area (Å²) in [7, 11) is 1.54. The molecule has 110 valence electrons. The van der Waals surface area contributed by atoms with Gasteiger partial charge in [0.15, 0.2) is 5.78 Å². The third kappa shape index (κ3) is 4.70.